The number of carbonyl (C=O) groups excluding carboxylic acids is 3. The largest absolute Gasteiger partial charge is 0.467 e. The Morgan fingerprint density at radius 3 is 2.75 bits per heavy atom. The molecule has 0 saturated carbocycles. The lowest BCUT2D eigenvalue weighted by molar-refractivity contribution is -0.153. The fourth-order valence-electron chi connectivity index (χ4n) is 1.65. The van der Waals surface area contributed by atoms with Crippen LogP contribution in [0.2, 0.25) is 0 Å². The van der Waals surface area contributed by atoms with Crippen molar-refractivity contribution in [2.24, 2.45) is 0 Å². The molecule has 0 spiro atoms. The lowest BCUT2D eigenvalue weighted by atomic mass is 9.99. The minimum Gasteiger partial charge on any atom is -0.467 e. The average molecular weight is 295 g/mol. The van der Waals surface area contributed by atoms with Gasteiger partial charge < -0.3 is 15.4 Å². The smallest absolute Gasteiger partial charge is 0.331 e. The molecule has 8 heteroatoms. The Balaban J connectivity index is 1.82. The highest BCUT2D eigenvalue weighted by molar-refractivity contribution is 8.00. The van der Waals surface area contributed by atoms with Gasteiger partial charge in [0.2, 0.25) is 11.8 Å². The van der Waals surface area contributed by atoms with Crippen LogP contribution in [0.15, 0.2) is 29.4 Å². The van der Waals surface area contributed by atoms with Crippen LogP contribution in [0.5, 0.6) is 0 Å². The lowest BCUT2D eigenvalue weighted by Crippen LogP contribution is -2.72. The van der Waals surface area contributed by atoms with Crippen LogP contribution in [0.1, 0.15) is 0 Å². The summed E-state index contributed by atoms with van der Waals surface area (Å²) < 4.78 is 4.53. The van der Waals surface area contributed by atoms with E-state index in [1.165, 1.54) is 18.9 Å². The van der Waals surface area contributed by atoms with Gasteiger partial charge in [-0.1, -0.05) is 0 Å². The van der Waals surface area contributed by atoms with E-state index in [0.29, 0.717) is 0 Å². The van der Waals surface area contributed by atoms with Gasteiger partial charge >= 0.3 is 5.97 Å². The molecular formula is C12H13N3O4S. The molecule has 1 aliphatic heterocycles. The van der Waals surface area contributed by atoms with Crippen molar-refractivity contribution in [3.05, 3.63) is 24.5 Å². The number of amides is 2. The summed E-state index contributed by atoms with van der Waals surface area (Å²) in [6, 6.07) is 1.91. The number of esters is 1. The predicted octanol–water partition coefficient (Wildman–Crippen LogP) is -0.670. The number of nitrogens with one attached hydrogen (secondary N) is 2. The maximum atomic E-state index is 11.7. The van der Waals surface area contributed by atoms with Crippen LogP contribution >= 0.6 is 11.8 Å². The van der Waals surface area contributed by atoms with Crippen molar-refractivity contribution >= 4 is 29.5 Å². The number of ether oxygens (including phenoxy) is 1. The van der Waals surface area contributed by atoms with Crippen LogP contribution in [0.25, 0.3) is 0 Å². The molecule has 106 valence electrons. The highest BCUT2D eigenvalue weighted by Gasteiger charge is 2.45. The number of methoxy groups -OCH3 is 1. The molecule has 1 aromatic rings. The molecule has 0 bridgehead atoms. The Morgan fingerprint density at radius 1 is 1.45 bits per heavy atom. The molecule has 7 nitrogen and oxygen atoms in total. The van der Waals surface area contributed by atoms with Crippen LogP contribution in [0.3, 0.4) is 0 Å². The SMILES string of the molecule is COC(=O)[C@H]1NC(=O)[C@H]1NC(=O)CSc1ccncc1. The molecule has 1 aliphatic rings. The highest BCUT2D eigenvalue weighted by atomic mass is 32.2. The Labute approximate surface area is 119 Å². The fourth-order valence-corrected chi connectivity index (χ4v) is 2.35. The summed E-state index contributed by atoms with van der Waals surface area (Å²) in [5.41, 5.74) is 0. The van der Waals surface area contributed by atoms with Crippen molar-refractivity contribution in [2.75, 3.05) is 12.9 Å². The van der Waals surface area contributed by atoms with Gasteiger partial charge in [0.15, 0.2) is 6.04 Å². The van der Waals surface area contributed by atoms with Gasteiger partial charge in [0.1, 0.15) is 6.04 Å². The number of rotatable bonds is 5. The number of carbonyl (C=O) groups is 3. The van der Waals surface area contributed by atoms with E-state index < -0.39 is 18.1 Å². The minimum atomic E-state index is -0.854. The van der Waals surface area contributed by atoms with Crippen LogP contribution in [-0.4, -0.2) is 47.7 Å². The molecule has 2 atom stereocenters. The Bertz CT molecular complexity index is 523. The average Bonchev–Trinajstić information content (AvgIpc) is 2.48. The molecule has 0 aromatic carbocycles. The Hall–Kier alpha value is -2.09. The number of nitrogens with zero attached hydrogens (tertiary/aromatic N) is 1. The second-order valence-electron chi connectivity index (χ2n) is 4.03. The van der Waals surface area contributed by atoms with E-state index in [1.54, 1.807) is 24.5 Å². The van der Waals surface area contributed by atoms with Crippen molar-refractivity contribution in [1.82, 2.24) is 15.6 Å². The molecule has 1 fully saturated rings. The van der Waals surface area contributed by atoms with Crippen LogP contribution < -0.4 is 10.6 Å². The molecule has 1 aromatic heterocycles. The summed E-state index contributed by atoms with van der Waals surface area (Å²) in [4.78, 5) is 39.1. The number of aromatic nitrogens is 1. The standard InChI is InChI=1S/C12H13N3O4S/c1-19-12(18)10-9(11(17)15-10)14-8(16)6-20-7-2-4-13-5-3-7/h2-5,9-10H,6H2,1H3,(H,14,16)(H,15,17)/t9-,10-/m0/s1. The van der Waals surface area contributed by atoms with E-state index in [4.69, 9.17) is 0 Å². The van der Waals surface area contributed by atoms with Crippen molar-refractivity contribution in [1.29, 1.82) is 0 Å². The van der Waals surface area contributed by atoms with Gasteiger partial charge in [0, 0.05) is 17.3 Å². The van der Waals surface area contributed by atoms with Crippen LogP contribution in [0, 0.1) is 0 Å². The van der Waals surface area contributed by atoms with Gasteiger partial charge in [0.25, 0.3) is 0 Å². The van der Waals surface area contributed by atoms with Crippen LogP contribution in [0.4, 0.5) is 0 Å². The Morgan fingerprint density at radius 2 is 2.15 bits per heavy atom. The maximum Gasteiger partial charge on any atom is 0.331 e. The first-order valence-electron chi connectivity index (χ1n) is 5.82. The van der Waals surface area contributed by atoms with Crippen molar-refractivity contribution in [2.45, 2.75) is 17.0 Å². The second-order valence-corrected chi connectivity index (χ2v) is 5.07. The zero-order chi connectivity index (χ0) is 14.5. The van der Waals surface area contributed by atoms with Crippen LogP contribution in [-0.2, 0) is 19.1 Å². The molecule has 2 N–H and O–H groups in total. The summed E-state index contributed by atoms with van der Waals surface area (Å²) in [5, 5.41) is 4.89. The van der Waals surface area contributed by atoms with E-state index in [0.717, 1.165) is 4.90 Å². The number of β-lactam (4-membered cyclic amide) rings is 1. The normalized spacial score (nSPS) is 20.6. The first-order chi connectivity index (χ1) is 9.61. The zero-order valence-corrected chi connectivity index (χ0v) is 11.5. The topological polar surface area (TPSA) is 97.4 Å². The van der Waals surface area contributed by atoms with Gasteiger partial charge in [-0.05, 0) is 12.1 Å². The molecule has 20 heavy (non-hydrogen) atoms. The van der Waals surface area contributed by atoms with E-state index in [-0.39, 0.29) is 17.6 Å². The summed E-state index contributed by atoms with van der Waals surface area (Å²) >= 11 is 1.32. The van der Waals surface area contributed by atoms with Crippen molar-refractivity contribution in [3.8, 4) is 0 Å². The molecule has 2 rings (SSSR count). The second kappa shape index (κ2) is 6.38. The molecule has 2 amide bonds. The first-order valence-corrected chi connectivity index (χ1v) is 6.81. The maximum absolute atomic E-state index is 11.7. The zero-order valence-electron chi connectivity index (χ0n) is 10.7. The van der Waals surface area contributed by atoms with E-state index >= 15 is 0 Å². The molecule has 0 aliphatic carbocycles. The minimum absolute atomic E-state index is 0.154. The third-order valence-corrected chi connectivity index (χ3v) is 3.72. The molecule has 2 heterocycles. The molecule has 0 radical (unpaired) electrons. The van der Waals surface area contributed by atoms with Crippen molar-refractivity contribution < 1.29 is 19.1 Å². The summed E-state index contributed by atoms with van der Waals surface area (Å²) in [6.07, 6.45) is 3.26. The molecule has 1 saturated heterocycles. The quantitative estimate of drug-likeness (QED) is 0.425. The number of hydrogen-bond donors (Lipinski definition) is 2. The highest BCUT2D eigenvalue weighted by Crippen LogP contribution is 2.16. The van der Waals surface area contributed by atoms with E-state index in [9.17, 15) is 14.4 Å². The first kappa shape index (κ1) is 14.3. The van der Waals surface area contributed by atoms with E-state index in [2.05, 4.69) is 20.4 Å². The van der Waals surface area contributed by atoms with Gasteiger partial charge in [-0.2, -0.15) is 0 Å². The van der Waals surface area contributed by atoms with Crippen molar-refractivity contribution in [3.63, 3.8) is 0 Å². The van der Waals surface area contributed by atoms with Gasteiger partial charge in [-0.25, -0.2) is 4.79 Å². The number of pyridine rings is 1. The lowest BCUT2D eigenvalue weighted by Gasteiger charge is -2.34. The summed E-state index contributed by atoms with van der Waals surface area (Å²) in [6.45, 7) is 0. The van der Waals surface area contributed by atoms with Gasteiger partial charge in [0.05, 0.1) is 12.9 Å². The monoisotopic (exact) mass is 295 g/mol. The number of hydrogen-bond acceptors (Lipinski definition) is 6. The fraction of sp³-hybridized carbons (Fsp3) is 0.333. The number of thioether (sulfide) groups is 1. The van der Waals surface area contributed by atoms with E-state index in [1.807, 2.05) is 0 Å². The summed E-state index contributed by atoms with van der Waals surface area (Å²) in [5.74, 6) is -1.12. The van der Waals surface area contributed by atoms with Gasteiger partial charge in [-0.3, -0.25) is 14.6 Å². The summed E-state index contributed by atoms with van der Waals surface area (Å²) in [7, 11) is 1.23. The van der Waals surface area contributed by atoms with Gasteiger partial charge in [-0.15, -0.1) is 11.8 Å². The predicted molar refractivity (Wildman–Crippen MR) is 70.8 cm³/mol. The third-order valence-electron chi connectivity index (χ3n) is 2.70. The third kappa shape index (κ3) is 3.27. The molecular weight excluding hydrogens is 282 g/mol. The molecule has 0 unspecified atom stereocenters. The Kier molecular flexibility index (Phi) is 4.57.